The lowest BCUT2D eigenvalue weighted by Gasteiger charge is -2.04. The zero-order valence-corrected chi connectivity index (χ0v) is 16.4. The van der Waals surface area contributed by atoms with Crippen LogP contribution < -0.4 is 14.8 Å². The van der Waals surface area contributed by atoms with Crippen LogP contribution in [0.1, 0.15) is 18.9 Å². The van der Waals surface area contributed by atoms with Crippen LogP contribution in [-0.4, -0.2) is 24.6 Å². The van der Waals surface area contributed by atoms with Gasteiger partial charge in [0, 0.05) is 0 Å². The molecule has 0 spiro atoms. The largest absolute Gasteiger partial charge is 0.497 e. The van der Waals surface area contributed by atoms with Gasteiger partial charge in [-0.05, 0) is 48.4 Å². The summed E-state index contributed by atoms with van der Waals surface area (Å²) >= 11 is 1.32. The third kappa shape index (κ3) is 4.67. The summed E-state index contributed by atoms with van der Waals surface area (Å²) in [5.74, 6) is 0.977. The number of hydrogen-bond acceptors (Lipinski definition) is 6. The average Bonchev–Trinajstić information content (AvgIpc) is 3.12. The molecule has 0 saturated heterocycles. The molecule has 1 aromatic heterocycles. The molecule has 0 aliphatic heterocycles. The van der Waals surface area contributed by atoms with Crippen molar-refractivity contribution < 1.29 is 14.3 Å². The fourth-order valence-electron chi connectivity index (χ4n) is 2.45. The Morgan fingerprint density at radius 3 is 2.68 bits per heavy atom. The Kier molecular flexibility index (Phi) is 6.25. The molecule has 1 heterocycles. The summed E-state index contributed by atoms with van der Waals surface area (Å²) in [5, 5.41) is 12.5. The van der Waals surface area contributed by atoms with Gasteiger partial charge in [-0.15, -0.1) is 0 Å². The van der Waals surface area contributed by atoms with E-state index in [0.29, 0.717) is 11.7 Å². The number of hydrogen-bond donors (Lipinski definition) is 1. The molecule has 7 heteroatoms. The summed E-state index contributed by atoms with van der Waals surface area (Å²) in [7, 11) is 1.59. The first-order valence-electron chi connectivity index (χ1n) is 8.73. The fraction of sp³-hybridized carbons (Fsp3) is 0.190. The van der Waals surface area contributed by atoms with Crippen molar-refractivity contribution in [2.24, 2.45) is 0 Å². The minimum Gasteiger partial charge on any atom is -0.497 e. The van der Waals surface area contributed by atoms with Gasteiger partial charge in [0.15, 0.2) is 5.13 Å². The van der Waals surface area contributed by atoms with Gasteiger partial charge in [-0.25, -0.2) is 4.98 Å². The van der Waals surface area contributed by atoms with Gasteiger partial charge in [-0.1, -0.05) is 30.4 Å². The predicted molar refractivity (Wildman–Crippen MR) is 111 cm³/mol. The molecule has 0 saturated carbocycles. The summed E-state index contributed by atoms with van der Waals surface area (Å²) in [4.78, 5) is 16.8. The van der Waals surface area contributed by atoms with Gasteiger partial charge in [0.05, 0.1) is 23.9 Å². The lowest BCUT2D eigenvalue weighted by Crippen LogP contribution is -2.13. The average molecular weight is 393 g/mol. The van der Waals surface area contributed by atoms with Crippen LogP contribution in [0.15, 0.2) is 48.0 Å². The second kappa shape index (κ2) is 9.02. The number of nitrogens with zero attached hydrogens (tertiary/aromatic N) is 2. The van der Waals surface area contributed by atoms with Crippen LogP contribution in [0.3, 0.4) is 0 Å². The molecule has 0 atom stereocenters. The fourth-order valence-corrected chi connectivity index (χ4v) is 3.33. The lowest BCUT2D eigenvalue weighted by molar-refractivity contribution is -0.112. The number of carbonyl (C=O) groups excluding carboxylic acids is 1. The van der Waals surface area contributed by atoms with E-state index in [2.05, 4.69) is 10.3 Å². The molecular weight excluding hydrogens is 374 g/mol. The zero-order chi connectivity index (χ0) is 19.9. The molecule has 0 radical (unpaired) electrons. The van der Waals surface area contributed by atoms with Crippen LogP contribution in [0.4, 0.5) is 5.13 Å². The zero-order valence-electron chi connectivity index (χ0n) is 15.6. The summed E-state index contributed by atoms with van der Waals surface area (Å²) in [5.41, 5.74) is 1.50. The topological polar surface area (TPSA) is 84.2 Å². The molecular formula is C21H19N3O3S. The normalized spacial score (nSPS) is 11.1. The molecule has 142 valence electrons. The van der Waals surface area contributed by atoms with Crippen molar-refractivity contribution in [3.05, 3.63) is 53.6 Å². The molecule has 0 aliphatic rings. The molecule has 3 rings (SSSR count). The van der Waals surface area contributed by atoms with Crippen molar-refractivity contribution in [1.82, 2.24) is 4.98 Å². The summed E-state index contributed by atoms with van der Waals surface area (Å²) in [6.45, 7) is 2.69. The number of methoxy groups -OCH3 is 1. The highest BCUT2D eigenvalue weighted by Crippen LogP contribution is 2.29. The number of anilines is 1. The predicted octanol–water partition coefficient (Wildman–Crippen LogP) is 4.64. The Morgan fingerprint density at radius 1 is 1.25 bits per heavy atom. The van der Waals surface area contributed by atoms with E-state index in [-0.39, 0.29) is 5.57 Å². The van der Waals surface area contributed by atoms with Gasteiger partial charge in [0.2, 0.25) is 0 Å². The van der Waals surface area contributed by atoms with Gasteiger partial charge < -0.3 is 9.47 Å². The van der Waals surface area contributed by atoms with Gasteiger partial charge in [-0.2, -0.15) is 5.26 Å². The van der Waals surface area contributed by atoms with Gasteiger partial charge in [0.25, 0.3) is 5.91 Å². The third-order valence-electron chi connectivity index (χ3n) is 3.85. The van der Waals surface area contributed by atoms with Crippen molar-refractivity contribution in [2.75, 3.05) is 19.0 Å². The molecule has 1 N–H and O–H groups in total. The third-order valence-corrected chi connectivity index (χ3v) is 4.78. The highest BCUT2D eigenvalue weighted by atomic mass is 32.1. The quantitative estimate of drug-likeness (QED) is 0.467. The molecule has 6 nitrogen and oxygen atoms in total. The Balaban J connectivity index is 1.74. The monoisotopic (exact) mass is 393 g/mol. The van der Waals surface area contributed by atoms with Gasteiger partial charge >= 0.3 is 0 Å². The number of amides is 1. The van der Waals surface area contributed by atoms with E-state index in [4.69, 9.17) is 9.47 Å². The van der Waals surface area contributed by atoms with E-state index in [9.17, 15) is 10.1 Å². The number of nitriles is 1. The molecule has 0 aliphatic carbocycles. The smallest absolute Gasteiger partial charge is 0.268 e. The maximum Gasteiger partial charge on any atom is 0.268 e. The number of nitrogens with one attached hydrogen (secondary N) is 1. The minimum atomic E-state index is -0.500. The maximum absolute atomic E-state index is 12.5. The number of fused-ring (bicyclic) bond motifs is 1. The first-order chi connectivity index (χ1) is 13.6. The number of benzene rings is 2. The van der Waals surface area contributed by atoms with E-state index < -0.39 is 5.91 Å². The van der Waals surface area contributed by atoms with Crippen molar-refractivity contribution in [2.45, 2.75) is 13.3 Å². The number of rotatable bonds is 7. The van der Waals surface area contributed by atoms with Crippen LogP contribution in [0.2, 0.25) is 0 Å². The molecule has 3 aromatic rings. The van der Waals surface area contributed by atoms with Crippen molar-refractivity contribution in [3.63, 3.8) is 0 Å². The summed E-state index contributed by atoms with van der Waals surface area (Å²) in [6.07, 6.45) is 2.47. The number of carbonyl (C=O) groups is 1. The Morgan fingerprint density at radius 2 is 2.00 bits per heavy atom. The van der Waals surface area contributed by atoms with Crippen LogP contribution in [0.25, 0.3) is 16.3 Å². The maximum atomic E-state index is 12.5. The molecule has 0 bridgehead atoms. The van der Waals surface area contributed by atoms with Crippen LogP contribution in [0.5, 0.6) is 11.5 Å². The van der Waals surface area contributed by atoms with E-state index in [0.717, 1.165) is 33.7 Å². The summed E-state index contributed by atoms with van der Waals surface area (Å²) < 4.78 is 11.6. The Hall–Kier alpha value is -3.37. The molecule has 0 fully saturated rings. The van der Waals surface area contributed by atoms with E-state index in [1.165, 1.54) is 17.4 Å². The highest BCUT2D eigenvalue weighted by Gasteiger charge is 2.13. The van der Waals surface area contributed by atoms with Crippen LogP contribution in [-0.2, 0) is 4.79 Å². The standard InChI is InChI=1S/C21H19N3O3S/c1-3-10-27-16-6-4-14(5-7-16)11-15(13-22)20(25)24-21-23-18-9-8-17(26-2)12-19(18)28-21/h4-9,11-12H,3,10H2,1-2H3,(H,23,24,25)/b15-11+. The molecule has 0 unspecified atom stereocenters. The van der Waals surface area contributed by atoms with E-state index >= 15 is 0 Å². The van der Waals surface area contributed by atoms with Crippen LogP contribution in [0, 0.1) is 11.3 Å². The van der Waals surface area contributed by atoms with Crippen molar-refractivity contribution in [3.8, 4) is 17.6 Å². The molecule has 1 amide bonds. The lowest BCUT2D eigenvalue weighted by atomic mass is 10.1. The number of ether oxygens (including phenoxy) is 2. The molecule has 28 heavy (non-hydrogen) atoms. The Bertz CT molecular complexity index is 1050. The SMILES string of the molecule is CCCOc1ccc(/C=C(\C#N)C(=O)Nc2nc3ccc(OC)cc3s2)cc1. The van der Waals surface area contributed by atoms with Gasteiger partial charge in [-0.3, -0.25) is 10.1 Å². The van der Waals surface area contributed by atoms with Gasteiger partial charge in [0.1, 0.15) is 23.1 Å². The second-order valence-corrected chi connectivity index (χ2v) is 6.92. The van der Waals surface area contributed by atoms with Crippen molar-refractivity contribution in [1.29, 1.82) is 5.26 Å². The van der Waals surface area contributed by atoms with E-state index in [1.807, 2.05) is 43.3 Å². The summed E-state index contributed by atoms with van der Waals surface area (Å²) in [6, 6.07) is 14.7. The van der Waals surface area contributed by atoms with Crippen molar-refractivity contribution >= 4 is 38.7 Å². The first kappa shape index (κ1) is 19.4. The molecule has 2 aromatic carbocycles. The first-order valence-corrected chi connectivity index (χ1v) is 9.55. The second-order valence-electron chi connectivity index (χ2n) is 5.89. The Labute approximate surface area is 167 Å². The number of thiazole rings is 1. The number of aromatic nitrogens is 1. The highest BCUT2D eigenvalue weighted by molar-refractivity contribution is 7.22. The van der Waals surface area contributed by atoms with Crippen LogP contribution >= 0.6 is 11.3 Å². The minimum absolute atomic E-state index is 0.000867. The van der Waals surface area contributed by atoms with E-state index in [1.54, 1.807) is 19.2 Å².